The number of ether oxygens (including phenoxy) is 1. The van der Waals surface area contributed by atoms with Gasteiger partial charge in [-0.2, -0.15) is 0 Å². The van der Waals surface area contributed by atoms with E-state index in [1.165, 1.54) is 12.8 Å². The molecule has 0 aromatic heterocycles. The summed E-state index contributed by atoms with van der Waals surface area (Å²) in [5.41, 5.74) is 0. The molecule has 4 atom stereocenters. The van der Waals surface area contributed by atoms with Gasteiger partial charge in [0.25, 0.3) is 0 Å². The van der Waals surface area contributed by atoms with E-state index in [4.69, 9.17) is 5.11 Å². The predicted molar refractivity (Wildman–Crippen MR) is 69.7 cm³/mol. The minimum Gasteiger partial charge on any atom is -0.460 e. The summed E-state index contributed by atoms with van der Waals surface area (Å²) in [5.74, 6) is 3.32. The van der Waals surface area contributed by atoms with E-state index in [-0.39, 0.29) is 13.2 Å². The van der Waals surface area contributed by atoms with Crippen LogP contribution >= 0.6 is 0 Å². The Hall–Kier alpha value is -1.35. The highest BCUT2D eigenvalue weighted by molar-refractivity contribution is 5.81. The molecule has 0 aromatic rings. The van der Waals surface area contributed by atoms with E-state index in [1.807, 2.05) is 0 Å². The Morgan fingerprint density at radius 1 is 1.39 bits per heavy atom. The molecule has 0 heterocycles. The maximum absolute atomic E-state index is 10.1. The van der Waals surface area contributed by atoms with Crippen molar-refractivity contribution in [3.05, 3.63) is 37.0 Å². The molecule has 1 saturated carbocycles. The standard InChI is InChI=1S/C10H12.C5H8O3/c1-2-9-7-4-5-8(6-7)10(9)3-1;1-2-5(7)8-4-3-6/h1-2,4-5,7-10H,3,6H2;2,6H,1,3-4H2. The molecule has 3 aliphatic rings. The lowest BCUT2D eigenvalue weighted by Crippen LogP contribution is -2.12. The maximum Gasteiger partial charge on any atom is 0.330 e. The van der Waals surface area contributed by atoms with Crippen LogP contribution < -0.4 is 0 Å². The second-order valence-electron chi connectivity index (χ2n) is 4.95. The van der Waals surface area contributed by atoms with Crippen molar-refractivity contribution < 1.29 is 14.6 Å². The van der Waals surface area contributed by atoms with Crippen LogP contribution in [-0.2, 0) is 9.53 Å². The largest absolute Gasteiger partial charge is 0.460 e. The van der Waals surface area contributed by atoms with Crippen molar-refractivity contribution in [3.8, 4) is 0 Å². The number of aliphatic hydroxyl groups is 1. The van der Waals surface area contributed by atoms with E-state index >= 15 is 0 Å². The fourth-order valence-corrected chi connectivity index (χ4v) is 3.18. The van der Waals surface area contributed by atoms with Gasteiger partial charge < -0.3 is 9.84 Å². The van der Waals surface area contributed by atoms with Gasteiger partial charge in [-0.1, -0.05) is 30.9 Å². The average Bonchev–Trinajstić information content (AvgIpc) is 3.08. The third kappa shape index (κ3) is 2.72. The first-order chi connectivity index (χ1) is 8.76. The van der Waals surface area contributed by atoms with Crippen molar-refractivity contribution in [1.29, 1.82) is 0 Å². The summed E-state index contributed by atoms with van der Waals surface area (Å²) in [4.78, 5) is 10.1. The Morgan fingerprint density at radius 3 is 2.83 bits per heavy atom. The minimum absolute atomic E-state index is 0.0465. The number of allylic oxidation sites excluding steroid dienone is 4. The molecule has 3 aliphatic carbocycles. The van der Waals surface area contributed by atoms with E-state index in [0.29, 0.717) is 0 Å². The zero-order valence-corrected chi connectivity index (χ0v) is 10.5. The molecule has 4 unspecified atom stereocenters. The number of aliphatic hydroxyl groups excluding tert-OH is 1. The topological polar surface area (TPSA) is 46.5 Å². The van der Waals surface area contributed by atoms with Crippen molar-refractivity contribution in [3.63, 3.8) is 0 Å². The van der Waals surface area contributed by atoms with Gasteiger partial charge in [-0.05, 0) is 36.5 Å². The molecule has 3 rings (SSSR count). The van der Waals surface area contributed by atoms with Crippen LogP contribution in [0.15, 0.2) is 37.0 Å². The second kappa shape index (κ2) is 6.01. The first-order valence-electron chi connectivity index (χ1n) is 6.51. The average molecular weight is 248 g/mol. The quantitative estimate of drug-likeness (QED) is 0.472. The molecule has 18 heavy (non-hydrogen) atoms. The Balaban J connectivity index is 0.000000139. The first kappa shape index (κ1) is 13.1. The Morgan fingerprint density at radius 2 is 2.17 bits per heavy atom. The molecule has 0 saturated heterocycles. The number of carbonyl (C=O) groups is 1. The smallest absolute Gasteiger partial charge is 0.330 e. The van der Waals surface area contributed by atoms with Crippen molar-refractivity contribution >= 4 is 5.97 Å². The van der Waals surface area contributed by atoms with Gasteiger partial charge in [0.1, 0.15) is 6.61 Å². The molecule has 0 aliphatic heterocycles. The van der Waals surface area contributed by atoms with Crippen LogP contribution in [0.2, 0.25) is 0 Å². The van der Waals surface area contributed by atoms with Crippen LogP contribution in [0.1, 0.15) is 12.8 Å². The first-order valence-corrected chi connectivity index (χ1v) is 6.51. The second-order valence-corrected chi connectivity index (χ2v) is 4.95. The van der Waals surface area contributed by atoms with E-state index < -0.39 is 5.97 Å². The van der Waals surface area contributed by atoms with Crippen LogP contribution in [0.25, 0.3) is 0 Å². The Kier molecular flexibility index (Phi) is 4.37. The van der Waals surface area contributed by atoms with E-state index in [9.17, 15) is 4.79 Å². The van der Waals surface area contributed by atoms with E-state index in [1.54, 1.807) is 0 Å². The SMILES string of the molecule is C1=CC2C3C=CC(C3)C2C1.C=CC(=O)OCCO. The summed E-state index contributed by atoms with van der Waals surface area (Å²) >= 11 is 0. The van der Waals surface area contributed by atoms with Crippen LogP contribution in [0.4, 0.5) is 0 Å². The summed E-state index contributed by atoms with van der Waals surface area (Å²) in [6.45, 7) is 3.06. The molecule has 0 aromatic carbocycles. The lowest BCUT2D eigenvalue weighted by Gasteiger charge is -2.18. The Bertz CT molecular complexity index is 370. The van der Waals surface area contributed by atoms with Crippen LogP contribution in [0.5, 0.6) is 0 Å². The number of rotatable bonds is 3. The van der Waals surface area contributed by atoms with E-state index in [0.717, 1.165) is 29.7 Å². The molecule has 2 bridgehead atoms. The van der Waals surface area contributed by atoms with Gasteiger partial charge in [0.05, 0.1) is 6.61 Å². The third-order valence-corrected chi connectivity index (χ3v) is 3.96. The fourth-order valence-electron chi connectivity index (χ4n) is 3.18. The summed E-state index contributed by atoms with van der Waals surface area (Å²) in [6.07, 6.45) is 13.6. The maximum atomic E-state index is 10.1. The van der Waals surface area contributed by atoms with E-state index in [2.05, 4.69) is 35.6 Å². The lowest BCUT2D eigenvalue weighted by atomic mass is 9.86. The highest BCUT2D eigenvalue weighted by Gasteiger charge is 2.44. The van der Waals surface area contributed by atoms with Gasteiger partial charge in [0.15, 0.2) is 0 Å². The summed E-state index contributed by atoms with van der Waals surface area (Å²) in [5, 5.41) is 8.10. The molecular weight excluding hydrogens is 228 g/mol. The van der Waals surface area contributed by atoms with Crippen LogP contribution in [0, 0.1) is 23.7 Å². The zero-order chi connectivity index (χ0) is 13.0. The number of esters is 1. The fraction of sp³-hybridized carbons (Fsp3) is 0.533. The number of carbonyl (C=O) groups excluding carboxylic acids is 1. The molecule has 1 N–H and O–H groups in total. The molecule has 0 amide bonds. The molecule has 1 fully saturated rings. The Labute approximate surface area is 108 Å². The summed E-state index contributed by atoms with van der Waals surface area (Å²) in [6, 6.07) is 0. The molecule has 0 spiro atoms. The lowest BCUT2D eigenvalue weighted by molar-refractivity contribution is -0.138. The van der Waals surface area contributed by atoms with Crippen molar-refractivity contribution in [1.82, 2.24) is 0 Å². The monoisotopic (exact) mass is 248 g/mol. The molecule has 98 valence electrons. The number of hydrogen-bond acceptors (Lipinski definition) is 3. The third-order valence-electron chi connectivity index (χ3n) is 3.96. The van der Waals surface area contributed by atoms with Gasteiger partial charge in [-0.25, -0.2) is 4.79 Å². The molecule has 0 radical (unpaired) electrons. The summed E-state index contributed by atoms with van der Waals surface area (Å²) < 4.78 is 4.33. The summed E-state index contributed by atoms with van der Waals surface area (Å²) in [7, 11) is 0. The van der Waals surface area contributed by atoms with Gasteiger partial charge in [0, 0.05) is 6.08 Å². The highest BCUT2D eigenvalue weighted by atomic mass is 16.5. The normalized spacial score (nSPS) is 33.8. The predicted octanol–water partition coefficient (Wildman–Crippen LogP) is 2.09. The van der Waals surface area contributed by atoms with Gasteiger partial charge in [-0.3, -0.25) is 0 Å². The van der Waals surface area contributed by atoms with Gasteiger partial charge >= 0.3 is 5.97 Å². The zero-order valence-electron chi connectivity index (χ0n) is 10.5. The highest BCUT2D eigenvalue weighted by Crippen LogP contribution is 2.52. The van der Waals surface area contributed by atoms with Crippen molar-refractivity contribution in [2.24, 2.45) is 23.7 Å². The number of fused-ring (bicyclic) bond motifs is 5. The van der Waals surface area contributed by atoms with Crippen LogP contribution in [0.3, 0.4) is 0 Å². The molecule has 3 nitrogen and oxygen atoms in total. The van der Waals surface area contributed by atoms with Gasteiger partial charge in [0.2, 0.25) is 0 Å². The van der Waals surface area contributed by atoms with Crippen molar-refractivity contribution in [2.75, 3.05) is 13.2 Å². The minimum atomic E-state index is -0.501. The van der Waals surface area contributed by atoms with Gasteiger partial charge in [-0.15, -0.1) is 0 Å². The molecular formula is C15H20O3. The number of hydrogen-bond donors (Lipinski definition) is 1. The van der Waals surface area contributed by atoms with Crippen LogP contribution in [-0.4, -0.2) is 24.3 Å². The van der Waals surface area contributed by atoms with Crippen molar-refractivity contribution in [2.45, 2.75) is 12.8 Å². The molecule has 3 heteroatoms.